The van der Waals surface area contributed by atoms with E-state index in [2.05, 4.69) is 5.32 Å². The Balaban J connectivity index is 1.52. The quantitative estimate of drug-likeness (QED) is 0.516. The Morgan fingerprint density at radius 2 is 1.59 bits per heavy atom. The number of amides is 1. The zero-order chi connectivity index (χ0) is 20.5. The van der Waals surface area contributed by atoms with Gasteiger partial charge in [-0.2, -0.15) is 0 Å². The molecule has 0 saturated heterocycles. The lowest BCUT2D eigenvalue weighted by Gasteiger charge is -2.12. The molecule has 5 heteroatoms. The van der Waals surface area contributed by atoms with Gasteiger partial charge in [-0.15, -0.1) is 0 Å². The summed E-state index contributed by atoms with van der Waals surface area (Å²) in [6.45, 7) is 4.55. The van der Waals surface area contributed by atoms with E-state index >= 15 is 0 Å². The van der Waals surface area contributed by atoms with E-state index in [4.69, 9.17) is 14.2 Å². The predicted octanol–water partition coefficient (Wildman–Crippen LogP) is 5.59. The maximum Gasteiger partial charge on any atom is 0.262 e. The molecule has 3 rings (SSSR count). The Morgan fingerprint density at radius 1 is 0.862 bits per heavy atom. The van der Waals surface area contributed by atoms with Crippen molar-refractivity contribution in [1.82, 2.24) is 0 Å². The highest BCUT2D eigenvalue weighted by atomic mass is 16.5. The molecule has 0 aliphatic rings. The SMILES string of the molecule is CCCOc1ccccc1OCC(=O)Nc1ccc(Oc2cccc(C)c2)cc1. The third-order valence-electron chi connectivity index (χ3n) is 4.03. The molecule has 150 valence electrons. The van der Waals surface area contributed by atoms with Crippen LogP contribution >= 0.6 is 0 Å². The fraction of sp³-hybridized carbons (Fsp3) is 0.208. The van der Waals surface area contributed by atoms with Crippen molar-refractivity contribution in [1.29, 1.82) is 0 Å². The number of ether oxygens (including phenoxy) is 3. The summed E-state index contributed by atoms with van der Waals surface area (Å²) in [6, 6.07) is 22.4. The molecule has 0 atom stereocenters. The number of para-hydroxylation sites is 2. The summed E-state index contributed by atoms with van der Waals surface area (Å²) in [4.78, 5) is 12.2. The largest absolute Gasteiger partial charge is 0.490 e. The normalized spacial score (nSPS) is 10.3. The number of hydrogen-bond acceptors (Lipinski definition) is 4. The van der Waals surface area contributed by atoms with Crippen molar-refractivity contribution in [3.8, 4) is 23.0 Å². The van der Waals surface area contributed by atoms with Crippen molar-refractivity contribution in [3.63, 3.8) is 0 Å². The fourth-order valence-corrected chi connectivity index (χ4v) is 2.66. The fourth-order valence-electron chi connectivity index (χ4n) is 2.66. The average Bonchev–Trinajstić information content (AvgIpc) is 2.73. The molecule has 3 aromatic carbocycles. The zero-order valence-electron chi connectivity index (χ0n) is 16.7. The second kappa shape index (κ2) is 10.2. The van der Waals surface area contributed by atoms with Crippen molar-refractivity contribution in [2.75, 3.05) is 18.5 Å². The molecule has 0 aliphatic heterocycles. The van der Waals surface area contributed by atoms with E-state index in [-0.39, 0.29) is 12.5 Å². The summed E-state index contributed by atoms with van der Waals surface area (Å²) in [6.07, 6.45) is 0.901. The van der Waals surface area contributed by atoms with Crippen LogP contribution in [0.5, 0.6) is 23.0 Å². The summed E-state index contributed by atoms with van der Waals surface area (Å²) in [5.74, 6) is 2.42. The predicted molar refractivity (Wildman–Crippen MR) is 114 cm³/mol. The van der Waals surface area contributed by atoms with Crippen molar-refractivity contribution in [2.24, 2.45) is 0 Å². The molecule has 3 aromatic rings. The van der Waals surface area contributed by atoms with Crippen molar-refractivity contribution in [3.05, 3.63) is 78.4 Å². The zero-order valence-corrected chi connectivity index (χ0v) is 16.7. The molecule has 0 spiro atoms. The standard InChI is InChI=1S/C24H25NO4/c1-3-15-27-22-9-4-5-10-23(22)28-17-24(26)25-19-11-13-20(14-12-19)29-21-8-6-7-18(2)16-21/h4-14,16H,3,15,17H2,1-2H3,(H,25,26). The second-order valence-corrected chi connectivity index (χ2v) is 6.57. The van der Waals surface area contributed by atoms with Crippen LogP contribution in [0.2, 0.25) is 0 Å². The molecular formula is C24H25NO4. The average molecular weight is 391 g/mol. The molecular weight excluding hydrogens is 366 g/mol. The Morgan fingerprint density at radius 3 is 2.28 bits per heavy atom. The van der Waals surface area contributed by atoms with E-state index in [0.29, 0.717) is 29.5 Å². The van der Waals surface area contributed by atoms with Gasteiger partial charge in [0.2, 0.25) is 0 Å². The van der Waals surface area contributed by atoms with Crippen LogP contribution in [0.1, 0.15) is 18.9 Å². The Kier molecular flexibility index (Phi) is 7.11. The Hall–Kier alpha value is -3.47. The van der Waals surface area contributed by atoms with Gasteiger partial charge in [0.05, 0.1) is 6.61 Å². The maximum atomic E-state index is 12.2. The number of anilines is 1. The summed E-state index contributed by atoms with van der Waals surface area (Å²) in [5, 5.41) is 2.81. The number of carbonyl (C=O) groups is 1. The number of benzene rings is 3. The van der Waals surface area contributed by atoms with Gasteiger partial charge in [-0.1, -0.05) is 31.2 Å². The van der Waals surface area contributed by atoms with Crippen molar-refractivity contribution in [2.45, 2.75) is 20.3 Å². The summed E-state index contributed by atoms with van der Waals surface area (Å²) in [5.41, 5.74) is 1.80. The molecule has 0 unspecified atom stereocenters. The van der Waals surface area contributed by atoms with Crippen LogP contribution in [0.3, 0.4) is 0 Å². The molecule has 0 fully saturated rings. The van der Waals surface area contributed by atoms with E-state index in [0.717, 1.165) is 17.7 Å². The van der Waals surface area contributed by atoms with Crippen LogP contribution in [0.25, 0.3) is 0 Å². The van der Waals surface area contributed by atoms with Gasteiger partial charge in [0.25, 0.3) is 5.91 Å². The lowest BCUT2D eigenvalue weighted by molar-refractivity contribution is -0.118. The first-order chi connectivity index (χ1) is 14.1. The highest BCUT2D eigenvalue weighted by Crippen LogP contribution is 2.27. The van der Waals surface area contributed by atoms with E-state index in [1.54, 1.807) is 18.2 Å². The Labute approximate surface area is 171 Å². The summed E-state index contributed by atoms with van der Waals surface area (Å²) < 4.78 is 17.1. The van der Waals surface area contributed by atoms with E-state index < -0.39 is 0 Å². The number of carbonyl (C=O) groups excluding carboxylic acids is 1. The third-order valence-corrected chi connectivity index (χ3v) is 4.03. The van der Waals surface area contributed by atoms with Crippen LogP contribution in [0, 0.1) is 6.92 Å². The first-order valence-corrected chi connectivity index (χ1v) is 9.63. The van der Waals surface area contributed by atoms with Gasteiger partial charge >= 0.3 is 0 Å². The molecule has 29 heavy (non-hydrogen) atoms. The lowest BCUT2D eigenvalue weighted by Crippen LogP contribution is -2.20. The topological polar surface area (TPSA) is 56.8 Å². The van der Waals surface area contributed by atoms with Gasteiger partial charge in [-0.3, -0.25) is 4.79 Å². The molecule has 0 aromatic heterocycles. The van der Waals surface area contributed by atoms with Gasteiger partial charge in [0, 0.05) is 5.69 Å². The number of aryl methyl sites for hydroxylation is 1. The van der Waals surface area contributed by atoms with E-state index in [9.17, 15) is 4.79 Å². The minimum atomic E-state index is -0.248. The monoisotopic (exact) mass is 391 g/mol. The molecule has 0 bridgehead atoms. The summed E-state index contributed by atoms with van der Waals surface area (Å²) >= 11 is 0. The minimum Gasteiger partial charge on any atom is -0.490 e. The molecule has 1 N–H and O–H groups in total. The van der Waals surface area contributed by atoms with Crippen LogP contribution in [-0.4, -0.2) is 19.1 Å². The molecule has 1 amide bonds. The smallest absolute Gasteiger partial charge is 0.262 e. The van der Waals surface area contributed by atoms with Crippen molar-refractivity contribution < 1.29 is 19.0 Å². The van der Waals surface area contributed by atoms with Gasteiger partial charge in [-0.05, 0) is 67.4 Å². The van der Waals surface area contributed by atoms with E-state index in [1.165, 1.54) is 0 Å². The number of nitrogens with one attached hydrogen (secondary N) is 1. The van der Waals surface area contributed by atoms with Gasteiger partial charge in [0.1, 0.15) is 11.5 Å². The molecule has 0 aliphatic carbocycles. The highest BCUT2D eigenvalue weighted by molar-refractivity contribution is 5.91. The lowest BCUT2D eigenvalue weighted by atomic mass is 10.2. The van der Waals surface area contributed by atoms with Gasteiger partial charge < -0.3 is 19.5 Å². The van der Waals surface area contributed by atoms with Crippen LogP contribution in [0.4, 0.5) is 5.69 Å². The first-order valence-electron chi connectivity index (χ1n) is 9.63. The number of hydrogen-bond donors (Lipinski definition) is 1. The highest BCUT2D eigenvalue weighted by Gasteiger charge is 2.08. The Bertz CT molecular complexity index is 938. The molecule has 5 nitrogen and oxygen atoms in total. The van der Waals surface area contributed by atoms with Crippen molar-refractivity contribution >= 4 is 11.6 Å². The van der Waals surface area contributed by atoms with Gasteiger partial charge in [-0.25, -0.2) is 0 Å². The van der Waals surface area contributed by atoms with Crippen LogP contribution in [-0.2, 0) is 4.79 Å². The first kappa shape index (κ1) is 20.3. The van der Waals surface area contributed by atoms with E-state index in [1.807, 2.05) is 68.4 Å². The maximum absolute atomic E-state index is 12.2. The molecule has 0 radical (unpaired) electrons. The number of rotatable bonds is 9. The molecule has 0 saturated carbocycles. The minimum absolute atomic E-state index is 0.103. The molecule has 0 heterocycles. The van der Waals surface area contributed by atoms with Crippen LogP contribution < -0.4 is 19.5 Å². The second-order valence-electron chi connectivity index (χ2n) is 6.57. The van der Waals surface area contributed by atoms with Gasteiger partial charge in [0.15, 0.2) is 18.1 Å². The summed E-state index contributed by atoms with van der Waals surface area (Å²) in [7, 11) is 0. The third kappa shape index (κ3) is 6.28. The van der Waals surface area contributed by atoms with Crippen LogP contribution in [0.15, 0.2) is 72.8 Å².